The van der Waals surface area contributed by atoms with Gasteiger partial charge in [0.1, 0.15) is 5.82 Å². The molecule has 1 atom stereocenters. The lowest BCUT2D eigenvalue weighted by molar-refractivity contribution is 0.339. The van der Waals surface area contributed by atoms with E-state index in [1.165, 1.54) is 13.0 Å². The first-order valence-electron chi connectivity index (χ1n) is 5.08. The predicted octanol–water partition coefficient (Wildman–Crippen LogP) is 1.52. The highest BCUT2D eigenvalue weighted by atomic mass is 32.1. The van der Waals surface area contributed by atoms with Crippen molar-refractivity contribution in [2.24, 2.45) is 0 Å². The molecule has 1 saturated heterocycles. The number of nitrogens with zero attached hydrogens (tertiary/aromatic N) is 3. The van der Waals surface area contributed by atoms with Crippen LogP contribution in [0.2, 0.25) is 0 Å². The molecule has 0 aromatic carbocycles. The first-order chi connectivity index (χ1) is 6.72. The minimum absolute atomic E-state index is 0.515. The van der Waals surface area contributed by atoms with Gasteiger partial charge in [0, 0.05) is 13.1 Å². The fourth-order valence-corrected chi connectivity index (χ4v) is 2.45. The van der Waals surface area contributed by atoms with Crippen LogP contribution in [0.3, 0.4) is 0 Å². The zero-order valence-electron chi connectivity index (χ0n) is 8.66. The number of likely N-dealkylation sites (tertiary alicyclic amines) is 1. The van der Waals surface area contributed by atoms with E-state index in [0.29, 0.717) is 6.04 Å². The van der Waals surface area contributed by atoms with Crippen molar-refractivity contribution in [2.75, 3.05) is 19.6 Å². The number of rotatable bonds is 2. The summed E-state index contributed by atoms with van der Waals surface area (Å²) in [6.45, 7) is 7.60. The summed E-state index contributed by atoms with van der Waals surface area (Å²) in [6.07, 6.45) is 1.18. The largest absolute Gasteiger partial charge is 0.301 e. The number of aromatic nitrogens is 3. The summed E-state index contributed by atoms with van der Waals surface area (Å²) in [4.78, 5) is 2.44. The van der Waals surface area contributed by atoms with Crippen molar-refractivity contribution in [3.63, 3.8) is 0 Å². The van der Waals surface area contributed by atoms with Gasteiger partial charge in [-0.25, -0.2) is 0 Å². The quantitative estimate of drug-likeness (QED) is 0.755. The van der Waals surface area contributed by atoms with Crippen LogP contribution in [0.15, 0.2) is 0 Å². The Balaban J connectivity index is 2.21. The lowest BCUT2D eigenvalue weighted by Crippen LogP contribution is -2.21. The van der Waals surface area contributed by atoms with E-state index >= 15 is 0 Å². The van der Waals surface area contributed by atoms with Gasteiger partial charge in [-0.05, 0) is 32.1 Å². The summed E-state index contributed by atoms with van der Waals surface area (Å²) in [5, 5.41) is 6.98. The molecule has 1 aliphatic rings. The highest BCUT2D eigenvalue weighted by Gasteiger charge is 2.24. The van der Waals surface area contributed by atoms with Gasteiger partial charge >= 0.3 is 0 Å². The molecule has 1 aromatic rings. The summed E-state index contributed by atoms with van der Waals surface area (Å²) < 4.78 is 2.90. The van der Waals surface area contributed by atoms with Crippen LogP contribution in [0, 0.1) is 11.7 Å². The van der Waals surface area contributed by atoms with Crippen LogP contribution in [0.5, 0.6) is 0 Å². The summed E-state index contributed by atoms with van der Waals surface area (Å²) in [5.74, 6) is 0.998. The van der Waals surface area contributed by atoms with E-state index in [0.717, 1.165) is 23.7 Å². The molecule has 0 radical (unpaired) electrons. The number of likely N-dealkylation sites (N-methyl/N-ethyl adjacent to an activating group) is 1. The predicted molar refractivity (Wildman–Crippen MR) is 57.9 cm³/mol. The van der Waals surface area contributed by atoms with Crippen LogP contribution >= 0.6 is 12.2 Å². The summed E-state index contributed by atoms with van der Waals surface area (Å²) >= 11 is 5.21. The number of aromatic amines is 1. The molecular weight excluding hydrogens is 196 g/mol. The van der Waals surface area contributed by atoms with Gasteiger partial charge in [-0.1, -0.05) is 6.92 Å². The number of H-pyrrole nitrogens is 1. The molecule has 78 valence electrons. The van der Waals surface area contributed by atoms with E-state index in [1.54, 1.807) is 0 Å². The molecule has 5 heteroatoms. The Morgan fingerprint density at radius 1 is 1.64 bits per heavy atom. The fourth-order valence-electron chi connectivity index (χ4n) is 2.12. The van der Waals surface area contributed by atoms with Gasteiger partial charge in [-0.15, -0.1) is 0 Å². The first-order valence-corrected chi connectivity index (χ1v) is 5.49. The van der Waals surface area contributed by atoms with Gasteiger partial charge < -0.3 is 4.90 Å². The molecule has 1 N–H and O–H groups in total. The molecule has 0 spiro atoms. The second-order valence-corrected chi connectivity index (χ2v) is 4.17. The molecule has 0 saturated carbocycles. The Labute approximate surface area is 88.9 Å². The third-order valence-corrected chi connectivity index (χ3v) is 3.23. The number of hydrogen-bond acceptors (Lipinski definition) is 3. The maximum absolute atomic E-state index is 5.21. The minimum atomic E-state index is 0.515. The average Bonchev–Trinajstić information content (AvgIpc) is 2.73. The lowest BCUT2D eigenvalue weighted by Gasteiger charge is -2.14. The SMILES string of the molecule is CCN1CCC(n2c(C)n[nH]c2=S)C1. The van der Waals surface area contributed by atoms with E-state index in [-0.39, 0.29) is 0 Å². The number of hydrogen-bond donors (Lipinski definition) is 1. The fraction of sp³-hybridized carbons (Fsp3) is 0.778. The Morgan fingerprint density at radius 3 is 2.93 bits per heavy atom. The molecule has 14 heavy (non-hydrogen) atoms. The van der Waals surface area contributed by atoms with Gasteiger partial charge in [0.15, 0.2) is 4.77 Å². The van der Waals surface area contributed by atoms with Crippen molar-refractivity contribution >= 4 is 12.2 Å². The molecule has 0 aliphatic carbocycles. The van der Waals surface area contributed by atoms with Crippen molar-refractivity contribution < 1.29 is 0 Å². The van der Waals surface area contributed by atoms with Gasteiger partial charge in [0.25, 0.3) is 0 Å². The highest BCUT2D eigenvalue weighted by Crippen LogP contribution is 2.22. The van der Waals surface area contributed by atoms with Crippen molar-refractivity contribution in [2.45, 2.75) is 26.3 Å². The lowest BCUT2D eigenvalue weighted by atomic mass is 10.2. The Hall–Kier alpha value is -0.680. The van der Waals surface area contributed by atoms with Crippen molar-refractivity contribution in [3.8, 4) is 0 Å². The zero-order chi connectivity index (χ0) is 10.1. The third-order valence-electron chi connectivity index (χ3n) is 2.94. The van der Waals surface area contributed by atoms with E-state index in [9.17, 15) is 0 Å². The second kappa shape index (κ2) is 3.82. The Morgan fingerprint density at radius 2 is 2.43 bits per heavy atom. The molecule has 0 bridgehead atoms. The maximum atomic E-state index is 5.21. The van der Waals surface area contributed by atoms with Crippen LogP contribution in [-0.4, -0.2) is 39.3 Å². The monoisotopic (exact) mass is 212 g/mol. The smallest absolute Gasteiger partial charge is 0.195 e. The summed E-state index contributed by atoms with van der Waals surface area (Å²) in [6, 6.07) is 0.515. The van der Waals surface area contributed by atoms with E-state index < -0.39 is 0 Å². The zero-order valence-corrected chi connectivity index (χ0v) is 9.47. The van der Waals surface area contributed by atoms with Crippen molar-refractivity contribution in [1.82, 2.24) is 19.7 Å². The topological polar surface area (TPSA) is 36.9 Å². The summed E-state index contributed by atoms with van der Waals surface area (Å²) in [5.41, 5.74) is 0. The normalized spacial score (nSPS) is 23.1. The van der Waals surface area contributed by atoms with Crippen LogP contribution in [0.1, 0.15) is 25.2 Å². The van der Waals surface area contributed by atoms with Gasteiger partial charge in [-0.2, -0.15) is 5.10 Å². The van der Waals surface area contributed by atoms with Crippen molar-refractivity contribution in [1.29, 1.82) is 0 Å². The number of aryl methyl sites for hydroxylation is 1. The van der Waals surface area contributed by atoms with Crippen LogP contribution in [0.4, 0.5) is 0 Å². The van der Waals surface area contributed by atoms with Gasteiger partial charge in [-0.3, -0.25) is 9.67 Å². The third kappa shape index (κ3) is 1.62. The van der Waals surface area contributed by atoms with Crippen LogP contribution in [-0.2, 0) is 0 Å². The van der Waals surface area contributed by atoms with Crippen LogP contribution in [0.25, 0.3) is 0 Å². The van der Waals surface area contributed by atoms with Gasteiger partial charge in [0.2, 0.25) is 0 Å². The minimum Gasteiger partial charge on any atom is -0.301 e. The number of nitrogens with one attached hydrogen (secondary N) is 1. The average molecular weight is 212 g/mol. The molecule has 1 aliphatic heterocycles. The molecule has 2 heterocycles. The molecule has 0 amide bonds. The molecular formula is C9H16N4S. The van der Waals surface area contributed by atoms with Gasteiger partial charge in [0.05, 0.1) is 6.04 Å². The second-order valence-electron chi connectivity index (χ2n) is 3.78. The Kier molecular flexibility index (Phi) is 2.69. The summed E-state index contributed by atoms with van der Waals surface area (Å²) in [7, 11) is 0. The van der Waals surface area contributed by atoms with E-state index in [2.05, 4.69) is 26.6 Å². The van der Waals surface area contributed by atoms with E-state index in [1.807, 2.05) is 6.92 Å². The molecule has 2 rings (SSSR count). The highest BCUT2D eigenvalue weighted by molar-refractivity contribution is 7.71. The van der Waals surface area contributed by atoms with Crippen molar-refractivity contribution in [3.05, 3.63) is 10.6 Å². The standard InChI is InChI=1S/C9H16N4S/c1-3-12-5-4-8(6-12)13-7(2)10-11-9(13)14/h8H,3-6H2,1-2H3,(H,11,14). The first kappa shape index (κ1) is 9.86. The van der Waals surface area contributed by atoms with E-state index in [4.69, 9.17) is 12.2 Å². The molecule has 4 nitrogen and oxygen atoms in total. The Bertz CT molecular complexity index is 367. The molecule has 1 unspecified atom stereocenters. The van der Waals surface area contributed by atoms with Crippen LogP contribution < -0.4 is 0 Å². The molecule has 1 fully saturated rings. The molecule has 1 aromatic heterocycles. The maximum Gasteiger partial charge on any atom is 0.195 e.